The maximum Gasteiger partial charge on any atom is 0.240 e. The topological polar surface area (TPSA) is 49.4 Å². The van der Waals surface area contributed by atoms with Crippen LogP contribution in [0.5, 0.6) is 0 Å². The third-order valence-electron chi connectivity index (χ3n) is 5.27. The van der Waals surface area contributed by atoms with Crippen LogP contribution in [0.25, 0.3) is 0 Å². The molecule has 146 valence electrons. The van der Waals surface area contributed by atoms with Gasteiger partial charge in [0.2, 0.25) is 10.0 Å². The van der Waals surface area contributed by atoms with Gasteiger partial charge >= 0.3 is 0 Å². The Balaban J connectivity index is 1.52. The molecule has 2 aromatic rings. The Labute approximate surface area is 161 Å². The molecule has 27 heavy (non-hydrogen) atoms. The van der Waals surface area contributed by atoms with Crippen LogP contribution in [-0.4, -0.2) is 33.5 Å². The molecule has 1 aliphatic rings. The first-order valence-electron chi connectivity index (χ1n) is 9.45. The summed E-state index contributed by atoms with van der Waals surface area (Å²) in [5.41, 5.74) is 2.32. The highest BCUT2D eigenvalue weighted by Gasteiger charge is 2.20. The molecule has 1 atom stereocenters. The first kappa shape index (κ1) is 20.0. The van der Waals surface area contributed by atoms with Gasteiger partial charge in [0.1, 0.15) is 5.82 Å². The summed E-state index contributed by atoms with van der Waals surface area (Å²) in [5, 5.41) is 0. The van der Waals surface area contributed by atoms with Crippen molar-refractivity contribution < 1.29 is 12.8 Å². The third-order valence-corrected chi connectivity index (χ3v) is 6.70. The van der Waals surface area contributed by atoms with E-state index in [9.17, 15) is 12.8 Å². The number of sulfonamides is 1. The number of nitrogens with one attached hydrogen (secondary N) is 1. The smallest absolute Gasteiger partial charge is 0.240 e. The molecular formula is C21H27FN2O2S. The number of halogens is 1. The van der Waals surface area contributed by atoms with E-state index in [0.29, 0.717) is 10.8 Å². The molecule has 0 spiro atoms. The molecule has 1 aliphatic heterocycles. The van der Waals surface area contributed by atoms with Crippen LogP contribution < -0.4 is 4.72 Å². The number of benzene rings is 2. The van der Waals surface area contributed by atoms with Gasteiger partial charge in [0.15, 0.2) is 0 Å². The highest BCUT2D eigenvalue weighted by Crippen LogP contribution is 2.23. The van der Waals surface area contributed by atoms with E-state index in [-0.39, 0.29) is 5.82 Å². The summed E-state index contributed by atoms with van der Waals surface area (Å²) < 4.78 is 39.0. The van der Waals surface area contributed by atoms with Gasteiger partial charge in [-0.2, -0.15) is 0 Å². The molecule has 6 heteroatoms. The minimum absolute atomic E-state index is 0.184. The van der Waals surface area contributed by atoms with Crippen molar-refractivity contribution in [3.05, 3.63) is 65.5 Å². The van der Waals surface area contributed by atoms with Crippen molar-refractivity contribution >= 4 is 10.0 Å². The fourth-order valence-corrected chi connectivity index (χ4v) is 4.43. The summed E-state index contributed by atoms with van der Waals surface area (Å²) in [4.78, 5) is 2.74. The lowest BCUT2D eigenvalue weighted by atomic mass is 9.91. The number of piperidine rings is 1. The molecular weight excluding hydrogens is 363 g/mol. The van der Waals surface area contributed by atoms with E-state index in [1.807, 2.05) is 24.3 Å². The van der Waals surface area contributed by atoms with E-state index in [0.717, 1.165) is 38.0 Å². The molecule has 0 amide bonds. The Morgan fingerprint density at radius 3 is 2.41 bits per heavy atom. The summed E-state index contributed by atoms with van der Waals surface area (Å²) in [6.07, 6.45) is 4.51. The zero-order chi connectivity index (χ0) is 19.3. The van der Waals surface area contributed by atoms with Gasteiger partial charge in [-0.05, 0) is 80.6 Å². The van der Waals surface area contributed by atoms with Crippen molar-refractivity contribution in [3.8, 4) is 0 Å². The van der Waals surface area contributed by atoms with Crippen LogP contribution in [0.4, 0.5) is 4.39 Å². The highest BCUT2D eigenvalue weighted by molar-refractivity contribution is 7.89. The highest BCUT2D eigenvalue weighted by atomic mass is 32.2. The Morgan fingerprint density at radius 2 is 1.74 bits per heavy atom. The van der Waals surface area contributed by atoms with Gasteiger partial charge in [-0.25, -0.2) is 17.5 Å². The molecule has 0 saturated carbocycles. The maximum absolute atomic E-state index is 13.0. The van der Waals surface area contributed by atoms with Gasteiger partial charge < -0.3 is 0 Å². The van der Waals surface area contributed by atoms with Gasteiger partial charge in [-0.1, -0.05) is 24.3 Å². The lowest BCUT2D eigenvalue weighted by Crippen LogP contribution is -2.35. The van der Waals surface area contributed by atoms with Crippen LogP contribution in [0.15, 0.2) is 53.4 Å². The third kappa shape index (κ3) is 5.61. The van der Waals surface area contributed by atoms with E-state index in [1.165, 1.54) is 37.6 Å². The molecule has 1 N–H and O–H groups in total. The number of hydrogen-bond donors (Lipinski definition) is 1. The van der Waals surface area contributed by atoms with Crippen LogP contribution in [0.2, 0.25) is 0 Å². The lowest BCUT2D eigenvalue weighted by molar-refractivity contribution is 0.162. The van der Waals surface area contributed by atoms with Crippen molar-refractivity contribution in [1.29, 1.82) is 0 Å². The normalized spacial score (nSPS) is 18.5. The lowest BCUT2D eigenvalue weighted by Gasteiger charge is -2.33. The predicted molar refractivity (Wildman–Crippen MR) is 105 cm³/mol. The van der Waals surface area contributed by atoms with Gasteiger partial charge in [0, 0.05) is 13.1 Å². The average Bonchev–Trinajstić information content (AvgIpc) is 2.68. The Morgan fingerprint density at radius 1 is 1.07 bits per heavy atom. The maximum atomic E-state index is 13.0. The quantitative estimate of drug-likeness (QED) is 0.786. The zero-order valence-corrected chi connectivity index (χ0v) is 16.5. The minimum atomic E-state index is -3.38. The first-order chi connectivity index (χ1) is 13.0. The van der Waals surface area contributed by atoms with Crippen molar-refractivity contribution in [2.24, 2.45) is 5.92 Å². The summed E-state index contributed by atoms with van der Waals surface area (Å²) in [6, 6.07) is 13.9. The van der Waals surface area contributed by atoms with Gasteiger partial charge in [0.25, 0.3) is 0 Å². The van der Waals surface area contributed by atoms with Crippen molar-refractivity contribution in [3.63, 3.8) is 0 Å². The van der Waals surface area contributed by atoms with Gasteiger partial charge in [0.05, 0.1) is 4.90 Å². The second-order valence-electron chi connectivity index (χ2n) is 7.26. The molecule has 0 radical (unpaired) electrons. The molecule has 4 nitrogen and oxygen atoms in total. The largest absolute Gasteiger partial charge is 0.299 e. The van der Waals surface area contributed by atoms with E-state index >= 15 is 0 Å². The second kappa shape index (κ2) is 8.95. The molecule has 0 aliphatic carbocycles. The van der Waals surface area contributed by atoms with Crippen LogP contribution in [0.3, 0.4) is 0 Å². The number of likely N-dealkylation sites (tertiary alicyclic amines) is 1. The summed E-state index contributed by atoms with van der Waals surface area (Å²) >= 11 is 0. The number of nitrogens with zero attached hydrogens (tertiary/aromatic N) is 1. The average molecular weight is 391 g/mol. The molecule has 2 aromatic carbocycles. The number of hydrogen-bond acceptors (Lipinski definition) is 3. The molecule has 1 heterocycles. The van der Waals surface area contributed by atoms with Crippen LogP contribution in [-0.2, 0) is 23.0 Å². The summed E-state index contributed by atoms with van der Waals surface area (Å²) in [6.45, 7) is 2.97. The number of aryl methyl sites for hydroxylation is 1. The van der Waals surface area contributed by atoms with E-state index < -0.39 is 10.0 Å². The standard InChI is InChI=1S/C21H27FN2O2S/c1-23-27(25,26)21-12-8-19(9-13-21)16-24-14-2-3-18(15-24)5-4-17-6-10-20(22)11-7-17/h6-13,18,23H,2-5,14-16H2,1H3/t18-/m1/s1. The molecule has 0 aromatic heterocycles. The van der Waals surface area contributed by atoms with Crippen molar-refractivity contribution in [1.82, 2.24) is 9.62 Å². The van der Waals surface area contributed by atoms with Crippen LogP contribution in [0, 0.1) is 11.7 Å². The monoisotopic (exact) mass is 390 g/mol. The molecule has 1 saturated heterocycles. The Bertz CT molecular complexity index is 835. The van der Waals surface area contributed by atoms with E-state index in [1.54, 1.807) is 12.1 Å². The Hall–Kier alpha value is -1.76. The van der Waals surface area contributed by atoms with Crippen molar-refractivity contribution in [2.75, 3.05) is 20.1 Å². The zero-order valence-electron chi connectivity index (χ0n) is 15.7. The summed E-state index contributed by atoms with van der Waals surface area (Å²) in [5.74, 6) is 0.462. The van der Waals surface area contributed by atoms with Gasteiger partial charge in [-0.3, -0.25) is 4.90 Å². The van der Waals surface area contributed by atoms with E-state index in [4.69, 9.17) is 0 Å². The first-order valence-corrected chi connectivity index (χ1v) is 10.9. The predicted octanol–water partition coefficient (Wildman–Crippen LogP) is 3.58. The second-order valence-corrected chi connectivity index (χ2v) is 9.15. The molecule has 3 rings (SSSR count). The van der Waals surface area contributed by atoms with Gasteiger partial charge in [-0.15, -0.1) is 0 Å². The van der Waals surface area contributed by atoms with Crippen LogP contribution in [0.1, 0.15) is 30.4 Å². The molecule has 0 unspecified atom stereocenters. The fraction of sp³-hybridized carbons (Fsp3) is 0.429. The van der Waals surface area contributed by atoms with Crippen molar-refractivity contribution in [2.45, 2.75) is 37.1 Å². The van der Waals surface area contributed by atoms with Crippen LogP contribution >= 0.6 is 0 Å². The molecule has 0 bridgehead atoms. The number of rotatable bonds is 7. The minimum Gasteiger partial charge on any atom is -0.299 e. The molecule has 1 fully saturated rings. The Kier molecular flexibility index (Phi) is 6.63. The summed E-state index contributed by atoms with van der Waals surface area (Å²) in [7, 11) is -1.96. The SMILES string of the molecule is CNS(=O)(=O)c1ccc(CN2CCC[C@H](CCc3ccc(F)cc3)C2)cc1. The fourth-order valence-electron chi connectivity index (χ4n) is 3.70. The van der Waals surface area contributed by atoms with E-state index in [2.05, 4.69) is 9.62 Å².